The Balaban J connectivity index is 2.14. The standard InChI is InChI=1S/C13H23NO3/c1-4-11(2)14(3)8-12(15)9-16-10-13-6-5-7-17-13/h5-7,11-12,15H,4,8-10H2,1-3H3. The van der Waals surface area contributed by atoms with E-state index < -0.39 is 6.10 Å². The highest BCUT2D eigenvalue weighted by molar-refractivity contribution is 4.96. The SMILES string of the molecule is CCC(C)N(C)CC(O)COCc1ccco1. The average molecular weight is 241 g/mol. The summed E-state index contributed by atoms with van der Waals surface area (Å²) in [5, 5.41) is 9.80. The minimum atomic E-state index is -0.455. The number of aliphatic hydroxyl groups excluding tert-OH is 1. The monoisotopic (exact) mass is 241 g/mol. The van der Waals surface area contributed by atoms with E-state index in [-0.39, 0.29) is 0 Å². The van der Waals surface area contributed by atoms with Crippen molar-refractivity contribution in [2.45, 2.75) is 39.0 Å². The van der Waals surface area contributed by atoms with Gasteiger partial charge in [0.1, 0.15) is 12.4 Å². The molecule has 1 rings (SSSR count). The molecule has 4 nitrogen and oxygen atoms in total. The molecule has 1 N–H and O–H groups in total. The van der Waals surface area contributed by atoms with Crippen LogP contribution in [0.15, 0.2) is 22.8 Å². The highest BCUT2D eigenvalue weighted by Gasteiger charge is 2.12. The van der Waals surface area contributed by atoms with E-state index in [1.54, 1.807) is 6.26 Å². The molecule has 0 amide bonds. The van der Waals surface area contributed by atoms with E-state index in [0.717, 1.165) is 12.2 Å². The molecule has 98 valence electrons. The maximum Gasteiger partial charge on any atom is 0.129 e. The molecule has 0 aliphatic carbocycles. The van der Waals surface area contributed by atoms with Gasteiger partial charge in [-0.3, -0.25) is 0 Å². The maximum atomic E-state index is 9.80. The second-order valence-electron chi connectivity index (χ2n) is 4.45. The lowest BCUT2D eigenvalue weighted by atomic mass is 10.2. The van der Waals surface area contributed by atoms with Crippen molar-refractivity contribution in [3.63, 3.8) is 0 Å². The van der Waals surface area contributed by atoms with Crippen molar-refractivity contribution in [1.82, 2.24) is 4.90 Å². The van der Waals surface area contributed by atoms with Crippen LogP contribution in [0.4, 0.5) is 0 Å². The number of furan rings is 1. The molecule has 4 heteroatoms. The van der Waals surface area contributed by atoms with Crippen LogP contribution in [0.25, 0.3) is 0 Å². The van der Waals surface area contributed by atoms with Gasteiger partial charge >= 0.3 is 0 Å². The predicted octanol–water partition coefficient (Wildman–Crippen LogP) is 1.89. The highest BCUT2D eigenvalue weighted by Crippen LogP contribution is 2.04. The quantitative estimate of drug-likeness (QED) is 0.755. The first kappa shape index (κ1) is 14.2. The molecule has 0 aromatic carbocycles. The Kier molecular flexibility index (Phi) is 6.26. The summed E-state index contributed by atoms with van der Waals surface area (Å²) in [4.78, 5) is 2.14. The number of rotatable bonds is 8. The molecule has 0 aliphatic rings. The van der Waals surface area contributed by atoms with E-state index in [4.69, 9.17) is 9.15 Å². The maximum absolute atomic E-state index is 9.80. The number of ether oxygens (including phenoxy) is 1. The summed E-state index contributed by atoms with van der Waals surface area (Å²) in [5.41, 5.74) is 0. The van der Waals surface area contributed by atoms with Gasteiger partial charge in [0.05, 0.1) is 19.0 Å². The van der Waals surface area contributed by atoms with E-state index in [0.29, 0.717) is 25.8 Å². The van der Waals surface area contributed by atoms with E-state index in [1.165, 1.54) is 0 Å². The van der Waals surface area contributed by atoms with E-state index in [1.807, 2.05) is 19.2 Å². The normalized spacial score (nSPS) is 15.1. The zero-order chi connectivity index (χ0) is 12.7. The fourth-order valence-corrected chi connectivity index (χ4v) is 1.57. The van der Waals surface area contributed by atoms with E-state index in [9.17, 15) is 5.11 Å². The Labute approximate surface area is 103 Å². The van der Waals surface area contributed by atoms with Crippen LogP contribution in [0.2, 0.25) is 0 Å². The summed E-state index contributed by atoms with van der Waals surface area (Å²) in [6, 6.07) is 4.17. The number of aliphatic hydroxyl groups is 1. The van der Waals surface area contributed by atoms with Crippen LogP contribution in [0.5, 0.6) is 0 Å². The molecule has 1 aromatic rings. The first-order valence-electron chi connectivity index (χ1n) is 6.12. The molecule has 17 heavy (non-hydrogen) atoms. The van der Waals surface area contributed by atoms with E-state index in [2.05, 4.69) is 18.7 Å². The van der Waals surface area contributed by atoms with Crippen molar-refractivity contribution < 1.29 is 14.3 Å². The lowest BCUT2D eigenvalue weighted by molar-refractivity contribution is 0.00380. The Morgan fingerprint density at radius 3 is 2.88 bits per heavy atom. The number of nitrogens with zero attached hydrogens (tertiary/aromatic N) is 1. The molecule has 0 saturated heterocycles. The molecule has 2 unspecified atom stereocenters. The Morgan fingerprint density at radius 1 is 1.53 bits per heavy atom. The Bertz CT molecular complexity index is 287. The number of hydrogen-bond acceptors (Lipinski definition) is 4. The summed E-state index contributed by atoms with van der Waals surface area (Å²) in [6.07, 6.45) is 2.24. The molecule has 0 fully saturated rings. The molecule has 0 radical (unpaired) electrons. The summed E-state index contributed by atoms with van der Waals surface area (Å²) in [7, 11) is 2.02. The first-order valence-corrected chi connectivity index (χ1v) is 6.12. The van der Waals surface area contributed by atoms with Crippen molar-refractivity contribution in [3.8, 4) is 0 Å². The largest absolute Gasteiger partial charge is 0.467 e. The highest BCUT2D eigenvalue weighted by atomic mass is 16.5. The number of hydrogen-bond donors (Lipinski definition) is 1. The lowest BCUT2D eigenvalue weighted by Crippen LogP contribution is -2.37. The Morgan fingerprint density at radius 2 is 2.29 bits per heavy atom. The van der Waals surface area contributed by atoms with Gasteiger partial charge in [-0.1, -0.05) is 6.92 Å². The summed E-state index contributed by atoms with van der Waals surface area (Å²) in [5.74, 6) is 0.785. The van der Waals surface area contributed by atoms with Crippen LogP contribution < -0.4 is 0 Å². The molecular formula is C13H23NO3. The van der Waals surface area contributed by atoms with Crippen molar-refractivity contribution >= 4 is 0 Å². The van der Waals surface area contributed by atoms with Gasteiger partial charge in [-0.2, -0.15) is 0 Å². The third-order valence-electron chi connectivity index (χ3n) is 2.98. The summed E-state index contributed by atoms with van der Waals surface area (Å²) >= 11 is 0. The minimum absolute atomic E-state index is 0.335. The molecule has 0 aliphatic heterocycles. The van der Waals surface area contributed by atoms with Crippen LogP contribution in [0.1, 0.15) is 26.0 Å². The topological polar surface area (TPSA) is 45.8 Å². The van der Waals surface area contributed by atoms with Gasteiger partial charge in [0.25, 0.3) is 0 Å². The van der Waals surface area contributed by atoms with E-state index >= 15 is 0 Å². The van der Waals surface area contributed by atoms with Gasteiger partial charge in [0.15, 0.2) is 0 Å². The van der Waals surface area contributed by atoms with Gasteiger partial charge in [0, 0.05) is 12.6 Å². The van der Waals surface area contributed by atoms with Crippen LogP contribution in [-0.2, 0) is 11.3 Å². The molecule has 1 heterocycles. The summed E-state index contributed by atoms with van der Waals surface area (Å²) in [6.45, 7) is 5.67. The van der Waals surface area contributed by atoms with Crippen molar-refractivity contribution in [1.29, 1.82) is 0 Å². The molecule has 0 spiro atoms. The van der Waals surface area contributed by atoms with Crippen molar-refractivity contribution in [3.05, 3.63) is 24.2 Å². The second-order valence-corrected chi connectivity index (χ2v) is 4.45. The summed E-state index contributed by atoms with van der Waals surface area (Å²) < 4.78 is 10.5. The van der Waals surface area contributed by atoms with Crippen LogP contribution in [0.3, 0.4) is 0 Å². The van der Waals surface area contributed by atoms with Gasteiger partial charge < -0.3 is 19.2 Å². The molecule has 0 saturated carbocycles. The molecular weight excluding hydrogens is 218 g/mol. The van der Waals surface area contributed by atoms with Crippen LogP contribution >= 0.6 is 0 Å². The molecule has 0 bridgehead atoms. The van der Waals surface area contributed by atoms with Crippen molar-refractivity contribution in [2.75, 3.05) is 20.2 Å². The fraction of sp³-hybridized carbons (Fsp3) is 0.692. The predicted molar refractivity (Wildman–Crippen MR) is 66.8 cm³/mol. The van der Waals surface area contributed by atoms with Crippen molar-refractivity contribution in [2.24, 2.45) is 0 Å². The van der Waals surface area contributed by atoms with Crippen LogP contribution in [-0.4, -0.2) is 42.4 Å². The zero-order valence-corrected chi connectivity index (χ0v) is 10.9. The average Bonchev–Trinajstić information content (AvgIpc) is 2.80. The smallest absolute Gasteiger partial charge is 0.129 e. The molecule has 2 atom stereocenters. The van der Waals surface area contributed by atoms with Gasteiger partial charge in [-0.05, 0) is 32.5 Å². The third-order valence-corrected chi connectivity index (χ3v) is 2.98. The minimum Gasteiger partial charge on any atom is -0.467 e. The third kappa shape index (κ3) is 5.35. The fourth-order valence-electron chi connectivity index (χ4n) is 1.57. The lowest BCUT2D eigenvalue weighted by Gasteiger charge is -2.25. The van der Waals surface area contributed by atoms with Crippen LogP contribution in [0, 0.1) is 0 Å². The Hall–Kier alpha value is -0.840. The number of likely N-dealkylation sites (N-methyl/N-ethyl adjacent to an activating group) is 1. The first-order chi connectivity index (χ1) is 8.13. The van der Waals surface area contributed by atoms with Gasteiger partial charge in [-0.25, -0.2) is 0 Å². The van der Waals surface area contributed by atoms with Gasteiger partial charge in [-0.15, -0.1) is 0 Å². The zero-order valence-electron chi connectivity index (χ0n) is 10.9. The van der Waals surface area contributed by atoms with Gasteiger partial charge in [0.2, 0.25) is 0 Å². The second kappa shape index (κ2) is 7.48. The molecule has 1 aromatic heterocycles.